The van der Waals surface area contributed by atoms with Crippen LogP contribution in [0.4, 0.5) is 8.78 Å². The fourth-order valence-corrected chi connectivity index (χ4v) is 4.69. The maximum Gasteiger partial charge on any atom is 0.308 e. The van der Waals surface area contributed by atoms with Crippen molar-refractivity contribution in [3.05, 3.63) is 39.9 Å². The summed E-state index contributed by atoms with van der Waals surface area (Å²) in [6.07, 6.45) is 0. The van der Waals surface area contributed by atoms with E-state index in [0.717, 1.165) is 11.3 Å². The summed E-state index contributed by atoms with van der Waals surface area (Å²) in [6.45, 7) is 2.85. The number of thioether (sulfide) groups is 1. The number of alkyl halides is 2. The van der Waals surface area contributed by atoms with Crippen LogP contribution in [0.3, 0.4) is 0 Å². The van der Waals surface area contributed by atoms with E-state index in [4.69, 9.17) is 21.1 Å². The van der Waals surface area contributed by atoms with E-state index in [9.17, 15) is 18.4 Å². The SMILES string of the molecule is COc1ccc2c(c1Cl)c(OC(C)=O)c(C)n2C(=O)c1csc(SC(F)F)c1. The molecule has 2 heterocycles. The van der Waals surface area contributed by atoms with Gasteiger partial charge in [-0.1, -0.05) is 11.6 Å². The van der Waals surface area contributed by atoms with Crippen molar-refractivity contribution in [3.8, 4) is 11.5 Å². The van der Waals surface area contributed by atoms with Gasteiger partial charge in [0, 0.05) is 12.3 Å². The number of methoxy groups -OCH3 is 1. The summed E-state index contributed by atoms with van der Waals surface area (Å²) in [5.74, 6) is -3.08. The van der Waals surface area contributed by atoms with Crippen molar-refractivity contribution in [2.24, 2.45) is 0 Å². The smallest absolute Gasteiger partial charge is 0.308 e. The van der Waals surface area contributed by atoms with Gasteiger partial charge in [0.1, 0.15) is 5.75 Å². The van der Waals surface area contributed by atoms with Gasteiger partial charge in [-0.2, -0.15) is 8.78 Å². The molecule has 148 valence electrons. The fraction of sp³-hybridized carbons (Fsp3) is 0.222. The lowest BCUT2D eigenvalue weighted by Crippen LogP contribution is -2.13. The molecule has 0 radical (unpaired) electrons. The first-order valence-electron chi connectivity index (χ1n) is 7.88. The van der Waals surface area contributed by atoms with E-state index in [1.54, 1.807) is 19.1 Å². The lowest BCUT2D eigenvalue weighted by Gasteiger charge is -2.07. The van der Waals surface area contributed by atoms with Crippen LogP contribution in [0.15, 0.2) is 27.8 Å². The number of halogens is 3. The normalized spacial score (nSPS) is 11.2. The van der Waals surface area contributed by atoms with Crippen molar-refractivity contribution in [3.63, 3.8) is 0 Å². The monoisotopic (exact) mass is 445 g/mol. The van der Waals surface area contributed by atoms with Gasteiger partial charge in [-0.05, 0) is 36.9 Å². The maximum absolute atomic E-state index is 13.1. The van der Waals surface area contributed by atoms with Gasteiger partial charge in [0.2, 0.25) is 0 Å². The van der Waals surface area contributed by atoms with Crippen LogP contribution < -0.4 is 9.47 Å². The lowest BCUT2D eigenvalue weighted by atomic mass is 10.2. The topological polar surface area (TPSA) is 57.5 Å². The van der Waals surface area contributed by atoms with Gasteiger partial charge >= 0.3 is 5.97 Å². The molecule has 5 nitrogen and oxygen atoms in total. The molecule has 0 atom stereocenters. The van der Waals surface area contributed by atoms with E-state index in [1.165, 1.54) is 30.0 Å². The molecule has 3 aromatic rings. The molecule has 10 heteroatoms. The van der Waals surface area contributed by atoms with Crippen LogP contribution in [0.5, 0.6) is 11.5 Å². The number of carbonyl (C=O) groups excluding carboxylic acids is 2. The van der Waals surface area contributed by atoms with Gasteiger partial charge in [0.15, 0.2) is 5.75 Å². The van der Waals surface area contributed by atoms with Crippen LogP contribution in [0.2, 0.25) is 5.02 Å². The third-order valence-electron chi connectivity index (χ3n) is 3.91. The van der Waals surface area contributed by atoms with Crippen molar-refractivity contribution >= 4 is 57.5 Å². The Morgan fingerprint density at radius 1 is 1.32 bits per heavy atom. The number of fused-ring (bicyclic) bond motifs is 1. The zero-order valence-corrected chi connectivity index (χ0v) is 17.3. The van der Waals surface area contributed by atoms with Gasteiger partial charge in [-0.15, -0.1) is 11.3 Å². The number of esters is 1. The van der Waals surface area contributed by atoms with Crippen LogP contribution in [-0.2, 0) is 4.79 Å². The summed E-state index contributed by atoms with van der Waals surface area (Å²) >= 11 is 7.84. The second-order valence-corrected chi connectivity index (χ2v) is 8.24. The largest absolute Gasteiger partial charge is 0.495 e. The number of ether oxygens (including phenoxy) is 2. The highest BCUT2D eigenvalue weighted by molar-refractivity contribution is 8.01. The quantitative estimate of drug-likeness (QED) is 0.378. The first-order valence-corrected chi connectivity index (χ1v) is 10.0. The zero-order valence-electron chi connectivity index (χ0n) is 14.9. The van der Waals surface area contributed by atoms with Gasteiger partial charge in [-0.25, -0.2) is 0 Å². The predicted octanol–water partition coefficient (Wildman–Crippen LogP) is 5.60. The van der Waals surface area contributed by atoms with Gasteiger partial charge in [0.05, 0.1) is 38.5 Å². The molecule has 0 aliphatic rings. The van der Waals surface area contributed by atoms with Gasteiger partial charge in [-0.3, -0.25) is 14.2 Å². The zero-order chi connectivity index (χ0) is 20.6. The fourth-order valence-electron chi connectivity index (χ4n) is 2.81. The molecule has 0 aliphatic carbocycles. The minimum Gasteiger partial charge on any atom is -0.495 e. The van der Waals surface area contributed by atoms with Crippen molar-refractivity contribution in [2.45, 2.75) is 23.8 Å². The average molecular weight is 446 g/mol. The summed E-state index contributed by atoms with van der Waals surface area (Å²) in [7, 11) is 1.45. The molecule has 0 amide bonds. The Hall–Kier alpha value is -2.10. The third-order valence-corrected chi connectivity index (χ3v) is 6.12. The van der Waals surface area contributed by atoms with Crippen LogP contribution >= 0.6 is 34.7 Å². The van der Waals surface area contributed by atoms with Crippen molar-refractivity contribution < 1.29 is 27.8 Å². The number of carbonyl (C=O) groups is 2. The molecule has 0 aliphatic heterocycles. The molecule has 1 aromatic carbocycles. The second kappa shape index (κ2) is 8.10. The highest BCUT2D eigenvalue weighted by Crippen LogP contribution is 2.43. The molecule has 0 N–H and O–H groups in total. The first-order chi connectivity index (χ1) is 13.2. The van der Waals surface area contributed by atoms with Crippen LogP contribution in [-0.4, -0.2) is 29.3 Å². The van der Waals surface area contributed by atoms with E-state index < -0.39 is 17.6 Å². The summed E-state index contributed by atoms with van der Waals surface area (Å²) in [4.78, 5) is 24.7. The molecule has 3 rings (SSSR count). The van der Waals surface area contributed by atoms with Gasteiger partial charge in [0.25, 0.3) is 11.7 Å². The molecule has 2 aromatic heterocycles. The minimum absolute atomic E-state index is 0.150. The molecule has 0 saturated carbocycles. The van der Waals surface area contributed by atoms with Crippen LogP contribution in [0.25, 0.3) is 10.9 Å². The summed E-state index contributed by atoms with van der Waals surface area (Å²) in [5, 5.41) is 2.07. The molecule has 0 saturated heterocycles. The molecule has 0 unspecified atom stereocenters. The van der Waals surface area contributed by atoms with Crippen molar-refractivity contribution in [1.82, 2.24) is 4.57 Å². The standard InChI is InChI=1S/C18H14ClF2NO4S2/c1-8-16(26-9(2)23)14-11(4-5-12(25-3)15(14)19)22(8)17(24)10-6-13(27-7-10)28-18(20)21/h4-7,18H,1-3H3. The number of hydrogen-bond acceptors (Lipinski definition) is 6. The first kappa shape index (κ1) is 20.6. The van der Waals surface area contributed by atoms with Crippen LogP contribution in [0.1, 0.15) is 23.0 Å². The minimum atomic E-state index is -2.57. The van der Waals surface area contributed by atoms with Crippen LogP contribution in [0, 0.1) is 6.92 Å². The molecule has 0 fully saturated rings. The van der Waals surface area contributed by atoms with E-state index in [2.05, 4.69) is 0 Å². The Balaban J connectivity index is 2.19. The van der Waals surface area contributed by atoms with E-state index in [-0.39, 0.29) is 16.3 Å². The number of nitrogens with zero attached hydrogens (tertiary/aromatic N) is 1. The van der Waals surface area contributed by atoms with Crippen molar-refractivity contribution in [1.29, 1.82) is 0 Å². The Bertz CT molecular complexity index is 1080. The number of aromatic nitrogens is 1. The molecule has 0 spiro atoms. The number of thiophene rings is 1. The Morgan fingerprint density at radius 3 is 2.64 bits per heavy atom. The number of benzene rings is 1. The highest BCUT2D eigenvalue weighted by atomic mass is 35.5. The van der Waals surface area contributed by atoms with E-state index in [1.807, 2.05) is 0 Å². The second-order valence-electron chi connectivity index (χ2n) is 5.66. The maximum atomic E-state index is 13.1. The molecule has 0 bridgehead atoms. The molecular weight excluding hydrogens is 432 g/mol. The number of hydrogen-bond donors (Lipinski definition) is 0. The summed E-state index contributed by atoms with van der Waals surface area (Å²) in [6, 6.07) is 4.63. The highest BCUT2D eigenvalue weighted by Gasteiger charge is 2.26. The van der Waals surface area contributed by atoms with Gasteiger partial charge < -0.3 is 9.47 Å². The van der Waals surface area contributed by atoms with Crippen molar-refractivity contribution in [2.75, 3.05) is 7.11 Å². The Kier molecular flexibility index (Phi) is 5.97. The summed E-state index contributed by atoms with van der Waals surface area (Å²) < 4.78 is 37.3. The van der Waals surface area contributed by atoms with E-state index in [0.29, 0.717) is 38.3 Å². The Morgan fingerprint density at radius 2 is 2.04 bits per heavy atom. The Labute approximate surface area is 172 Å². The predicted molar refractivity (Wildman–Crippen MR) is 105 cm³/mol. The average Bonchev–Trinajstić information content (AvgIpc) is 3.18. The summed E-state index contributed by atoms with van der Waals surface area (Å²) in [5.41, 5.74) is 1.02. The third kappa shape index (κ3) is 3.74. The molecular formula is C18H14ClF2NO4S2. The number of rotatable bonds is 5. The lowest BCUT2D eigenvalue weighted by molar-refractivity contribution is -0.131. The van der Waals surface area contributed by atoms with E-state index >= 15 is 0 Å². The molecule has 28 heavy (non-hydrogen) atoms.